The van der Waals surface area contributed by atoms with E-state index in [1.54, 1.807) is 12.1 Å². The van der Waals surface area contributed by atoms with Crippen molar-refractivity contribution in [2.75, 3.05) is 18.4 Å². The Morgan fingerprint density at radius 1 is 1.26 bits per heavy atom. The quantitative estimate of drug-likeness (QED) is 0.917. The van der Waals surface area contributed by atoms with Gasteiger partial charge in [0.25, 0.3) is 0 Å². The summed E-state index contributed by atoms with van der Waals surface area (Å²) in [5.41, 5.74) is 1.08. The molecule has 0 bridgehead atoms. The number of hydrogen-bond donors (Lipinski definition) is 1. The van der Waals surface area contributed by atoms with Crippen molar-refractivity contribution in [1.82, 2.24) is 4.90 Å². The zero-order valence-electron chi connectivity index (χ0n) is 10.3. The number of nitrogens with zero attached hydrogens (tertiary/aromatic N) is 1. The summed E-state index contributed by atoms with van der Waals surface area (Å²) in [5, 5.41) is 1.86. The summed E-state index contributed by atoms with van der Waals surface area (Å²) in [7, 11) is 0. The molecule has 0 saturated carbocycles. The highest BCUT2D eigenvalue weighted by atomic mass is 19.4. The molecule has 1 aliphatic rings. The molecule has 2 rings (SSSR count). The molecule has 1 N–H and O–H groups in total. The largest absolute Gasteiger partial charge is 0.471 e. The lowest BCUT2D eigenvalue weighted by atomic mass is 10.2. The number of amides is 1. The van der Waals surface area contributed by atoms with Crippen LogP contribution >= 0.6 is 0 Å². The van der Waals surface area contributed by atoms with Crippen LogP contribution in [0.2, 0.25) is 0 Å². The highest BCUT2D eigenvalue weighted by molar-refractivity contribution is 5.94. The van der Waals surface area contributed by atoms with Gasteiger partial charge in [-0.3, -0.25) is 9.69 Å². The smallest absolute Gasteiger partial charge is 0.318 e. The zero-order valence-corrected chi connectivity index (χ0v) is 10.3. The fraction of sp³-hybridized carbons (Fsp3) is 0.462. The Bertz CT molecular complexity index is 453. The summed E-state index contributed by atoms with van der Waals surface area (Å²) >= 11 is 0. The molecule has 0 atom stereocenters. The van der Waals surface area contributed by atoms with Gasteiger partial charge in [0.05, 0.1) is 0 Å². The van der Waals surface area contributed by atoms with Crippen molar-refractivity contribution in [2.45, 2.75) is 25.6 Å². The van der Waals surface area contributed by atoms with Crippen LogP contribution in [0.15, 0.2) is 24.3 Å². The third kappa shape index (κ3) is 3.96. The molecule has 104 valence electrons. The summed E-state index contributed by atoms with van der Waals surface area (Å²) in [6.45, 7) is 2.73. The topological polar surface area (TPSA) is 32.3 Å². The van der Waals surface area contributed by atoms with Crippen LogP contribution < -0.4 is 5.32 Å². The van der Waals surface area contributed by atoms with Crippen LogP contribution in [0.5, 0.6) is 0 Å². The number of nitrogens with one attached hydrogen (secondary N) is 1. The molecular weight excluding hydrogens is 257 g/mol. The second-order valence-corrected chi connectivity index (χ2v) is 4.64. The summed E-state index contributed by atoms with van der Waals surface area (Å²) in [6, 6.07) is 6.54. The van der Waals surface area contributed by atoms with Crippen LogP contribution in [0.1, 0.15) is 18.4 Å². The average Bonchev–Trinajstić information content (AvgIpc) is 2.81. The van der Waals surface area contributed by atoms with Crippen molar-refractivity contribution in [3.63, 3.8) is 0 Å². The van der Waals surface area contributed by atoms with E-state index in [0.717, 1.165) is 31.5 Å². The molecule has 1 fully saturated rings. The van der Waals surface area contributed by atoms with Gasteiger partial charge in [0.15, 0.2) is 0 Å². The predicted molar refractivity (Wildman–Crippen MR) is 65.6 cm³/mol. The standard InChI is InChI=1S/C13H15F3N2O/c14-13(15,16)12(19)17-11-5-3-4-10(8-11)9-18-6-1-2-7-18/h3-5,8H,1-2,6-7,9H2,(H,17,19). The van der Waals surface area contributed by atoms with Gasteiger partial charge in [-0.2, -0.15) is 13.2 Å². The fourth-order valence-corrected chi connectivity index (χ4v) is 2.15. The van der Waals surface area contributed by atoms with E-state index in [1.165, 1.54) is 6.07 Å². The van der Waals surface area contributed by atoms with Crippen LogP contribution in [0.4, 0.5) is 18.9 Å². The van der Waals surface area contributed by atoms with Gasteiger partial charge in [-0.05, 0) is 43.6 Å². The summed E-state index contributed by atoms with van der Waals surface area (Å²) in [5.74, 6) is -1.94. The van der Waals surface area contributed by atoms with Gasteiger partial charge in [-0.25, -0.2) is 0 Å². The lowest BCUT2D eigenvalue weighted by Crippen LogP contribution is -2.30. The highest BCUT2D eigenvalue weighted by Gasteiger charge is 2.38. The Morgan fingerprint density at radius 3 is 2.58 bits per heavy atom. The molecule has 0 aliphatic carbocycles. The number of carbonyl (C=O) groups excluding carboxylic acids is 1. The lowest BCUT2D eigenvalue weighted by molar-refractivity contribution is -0.167. The molecule has 0 aromatic heterocycles. The third-order valence-electron chi connectivity index (χ3n) is 3.05. The average molecular weight is 272 g/mol. The molecule has 1 aromatic carbocycles. The van der Waals surface area contributed by atoms with E-state index in [1.807, 2.05) is 11.4 Å². The van der Waals surface area contributed by atoms with Crippen molar-refractivity contribution >= 4 is 11.6 Å². The van der Waals surface area contributed by atoms with E-state index in [9.17, 15) is 18.0 Å². The molecule has 1 saturated heterocycles. The number of hydrogen-bond acceptors (Lipinski definition) is 2. The molecule has 0 spiro atoms. The van der Waals surface area contributed by atoms with Crippen LogP contribution in [0.25, 0.3) is 0 Å². The summed E-state index contributed by atoms with van der Waals surface area (Å²) in [6.07, 6.45) is -2.54. The second-order valence-electron chi connectivity index (χ2n) is 4.64. The Hall–Kier alpha value is -1.56. The number of alkyl halides is 3. The SMILES string of the molecule is O=C(Nc1cccc(CN2CCCC2)c1)C(F)(F)F. The van der Waals surface area contributed by atoms with Gasteiger partial charge in [0.2, 0.25) is 0 Å². The summed E-state index contributed by atoms with van der Waals surface area (Å²) < 4.78 is 36.4. The number of rotatable bonds is 3. The van der Waals surface area contributed by atoms with Gasteiger partial charge in [0, 0.05) is 12.2 Å². The monoisotopic (exact) mass is 272 g/mol. The fourth-order valence-electron chi connectivity index (χ4n) is 2.15. The molecule has 1 aliphatic heterocycles. The van der Waals surface area contributed by atoms with E-state index >= 15 is 0 Å². The van der Waals surface area contributed by atoms with E-state index in [0.29, 0.717) is 6.54 Å². The van der Waals surface area contributed by atoms with Gasteiger partial charge in [-0.1, -0.05) is 12.1 Å². The van der Waals surface area contributed by atoms with Crippen molar-refractivity contribution in [3.8, 4) is 0 Å². The maximum atomic E-state index is 12.1. The van der Waals surface area contributed by atoms with E-state index < -0.39 is 12.1 Å². The summed E-state index contributed by atoms with van der Waals surface area (Å²) in [4.78, 5) is 13.1. The first-order chi connectivity index (χ1) is 8.95. The predicted octanol–water partition coefficient (Wildman–Crippen LogP) is 2.78. The number of carbonyl (C=O) groups is 1. The van der Waals surface area contributed by atoms with Gasteiger partial charge < -0.3 is 5.32 Å². The Kier molecular flexibility index (Phi) is 4.09. The molecule has 0 radical (unpaired) electrons. The van der Waals surface area contributed by atoms with Gasteiger partial charge >= 0.3 is 12.1 Å². The molecule has 1 amide bonds. The van der Waals surface area contributed by atoms with Crippen LogP contribution in [-0.4, -0.2) is 30.1 Å². The van der Waals surface area contributed by atoms with E-state index in [-0.39, 0.29) is 5.69 Å². The Balaban J connectivity index is 2.00. The minimum absolute atomic E-state index is 0.180. The molecular formula is C13H15F3N2O. The maximum Gasteiger partial charge on any atom is 0.471 e. The van der Waals surface area contributed by atoms with Crippen molar-refractivity contribution < 1.29 is 18.0 Å². The van der Waals surface area contributed by atoms with E-state index in [2.05, 4.69) is 4.90 Å². The first-order valence-electron chi connectivity index (χ1n) is 6.14. The normalized spacial score (nSPS) is 16.6. The molecule has 1 aromatic rings. The first kappa shape index (κ1) is 13.9. The minimum Gasteiger partial charge on any atom is -0.318 e. The molecule has 3 nitrogen and oxygen atoms in total. The lowest BCUT2D eigenvalue weighted by Gasteiger charge is -2.15. The van der Waals surface area contributed by atoms with Crippen molar-refractivity contribution in [2.24, 2.45) is 0 Å². The first-order valence-corrected chi connectivity index (χ1v) is 6.14. The molecule has 0 unspecified atom stereocenters. The highest BCUT2D eigenvalue weighted by Crippen LogP contribution is 2.20. The third-order valence-corrected chi connectivity index (χ3v) is 3.05. The van der Waals surface area contributed by atoms with Gasteiger partial charge in [-0.15, -0.1) is 0 Å². The Labute approximate surface area is 109 Å². The number of likely N-dealkylation sites (tertiary alicyclic amines) is 1. The van der Waals surface area contributed by atoms with E-state index in [4.69, 9.17) is 0 Å². The van der Waals surface area contributed by atoms with Crippen LogP contribution in [-0.2, 0) is 11.3 Å². The van der Waals surface area contributed by atoms with Gasteiger partial charge in [0.1, 0.15) is 0 Å². The second kappa shape index (κ2) is 5.61. The number of anilines is 1. The minimum atomic E-state index is -4.86. The van der Waals surface area contributed by atoms with Crippen LogP contribution in [0, 0.1) is 0 Å². The maximum absolute atomic E-state index is 12.1. The van der Waals surface area contributed by atoms with Crippen molar-refractivity contribution in [1.29, 1.82) is 0 Å². The molecule has 6 heteroatoms. The number of benzene rings is 1. The zero-order chi connectivity index (χ0) is 13.9. The molecule has 1 heterocycles. The van der Waals surface area contributed by atoms with Crippen LogP contribution in [0.3, 0.4) is 0 Å². The molecule has 19 heavy (non-hydrogen) atoms. The number of halogens is 3. The Morgan fingerprint density at radius 2 is 1.95 bits per heavy atom. The van der Waals surface area contributed by atoms with Crippen molar-refractivity contribution in [3.05, 3.63) is 29.8 Å².